The van der Waals surface area contributed by atoms with E-state index in [0.717, 1.165) is 15.9 Å². The molecule has 1 aromatic heterocycles. The summed E-state index contributed by atoms with van der Waals surface area (Å²) in [5, 5.41) is 3.39. The van der Waals surface area contributed by atoms with Crippen LogP contribution in [-0.4, -0.2) is 22.2 Å². The normalized spacial score (nSPS) is 12.6. The zero-order valence-corrected chi connectivity index (χ0v) is 13.4. The van der Waals surface area contributed by atoms with E-state index >= 15 is 0 Å². The molecule has 0 fully saturated rings. The van der Waals surface area contributed by atoms with Gasteiger partial charge in [0.25, 0.3) is 0 Å². The first-order valence-corrected chi connectivity index (χ1v) is 8.03. The summed E-state index contributed by atoms with van der Waals surface area (Å²) in [6.07, 6.45) is 0. The Balaban J connectivity index is 2.07. The zero-order chi connectivity index (χ0) is 13.8. The first kappa shape index (κ1) is 14.5. The van der Waals surface area contributed by atoms with Crippen LogP contribution in [0.15, 0.2) is 22.5 Å². The second-order valence-electron chi connectivity index (χ2n) is 4.68. The molecule has 0 spiro atoms. The van der Waals surface area contributed by atoms with Crippen LogP contribution in [0.3, 0.4) is 0 Å². The van der Waals surface area contributed by atoms with E-state index in [1.807, 2.05) is 14.0 Å². The van der Waals surface area contributed by atoms with Gasteiger partial charge < -0.3 is 5.32 Å². The number of aryl methyl sites for hydroxylation is 3. The van der Waals surface area contributed by atoms with E-state index in [2.05, 4.69) is 46.7 Å². The van der Waals surface area contributed by atoms with E-state index in [9.17, 15) is 0 Å². The Kier molecular flexibility index (Phi) is 4.96. The van der Waals surface area contributed by atoms with Gasteiger partial charge in [0.2, 0.25) is 0 Å². The number of rotatable bonds is 5. The van der Waals surface area contributed by atoms with Crippen LogP contribution in [0.1, 0.15) is 28.6 Å². The van der Waals surface area contributed by atoms with Crippen molar-refractivity contribution in [2.75, 3.05) is 12.8 Å². The van der Waals surface area contributed by atoms with Crippen molar-refractivity contribution in [3.05, 3.63) is 40.7 Å². The Hall–Kier alpha value is -0.910. The third-order valence-electron chi connectivity index (χ3n) is 2.88. The van der Waals surface area contributed by atoms with Crippen LogP contribution in [0.2, 0.25) is 0 Å². The van der Waals surface area contributed by atoms with Gasteiger partial charge in [0.15, 0.2) is 4.34 Å². The lowest BCUT2D eigenvalue weighted by molar-refractivity contribution is 0.660. The van der Waals surface area contributed by atoms with E-state index in [0.29, 0.717) is 6.04 Å². The fraction of sp³-hybridized carbons (Fsp3) is 0.429. The van der Waals surface area contributed by atoms with Crippen LogP contribution in [0, 0.1) is 20.8 Å². The van der Waals surface area contributed by atoms with Crippen LogP contribution >= 0.6 is 23.3 Å². The smallest absolute Gasteiger partial charge is 0.170 e. The molecule has 0 amide bonds. The molecule has 102 valence electrons. The van der Waals surface area contributed by atoms with E-state index in [-0.39, 0.29) is 0 Å². The van der Waals surface area contributed by atoms with Gasteiger partial charge in [-0.25, -0.2) is 4.98 Å². The number of aromatic nitrogens is 2. The maximum absolute atomic E-state index is 4.39. The molecule has 1 unspecified atom stereocenters. The minimum atomic E-state index is 0.341. The minimum Gasteiger partial charge on any atom is -0.312 e. The first-order valence-electron chi connectivity index (χ1n) is 6.27. The van der Waals surface area contributed by atoms with Crippen LogP contribution in [0.4, 0.5) is 0 Å². The molecule has 0 saturated carbocycles. The minimum absolute atomic E-state index is 0.341. The lowest BCUT2D eigenvalue weighted by atomic mass is 10.0. The highest BCUT2D eigenvalue weighted by atomic mass is 32.2. The summed E-state index contributed by atoms with van der Waals surface area (Å²) in [5.41, 5.74) is 3.97. The maximum Gasteiger partial charge on any atom is 0.170 e. The van der Waals surface area contributed by atoms with Crippen molar-refractivity contribution < 1.29 is 0 Å². The van der Waals surface area contributed by atoms with Crippen molar-refractivity contribution in [3.8, 4) is 0 Å². The molecule has 1 atom stereocenters. The van der Waals surface area contributed by atoms with Gasteiger partial charge in [-0.2, -0.15) is 4.37 Å². The summed E-state index contributed by atoms with van der Waals surface area (Å²) in [6.45, 7) is 6.22. The van der Waals surface area contributed by atoms with Gasteiger partial charge in [-0.3, -0.25) is 0 Å². The number of nitrogens with one attached hydrogen (secondary N) is 1. The van der Waals surface area contributed by atoms with Crippen molar-refractivity contribution in [2.24, 2.45) is 0 Å². The SMILES string of the molecule is CNC(CSc1nc(C)ns1)c1cc(C)cc(C)c1. The second-order valence-corrected chi connectivity index (χ2v) is 6.70. The molecule has 3 nitrogen and oxygen atoms in total. The summed E-state index contributed by atoms with van der Waals surface area (Å²) >= 11 is 3.24. The van der Waals surface area contributed by atoms with Crippen LogP contribution in [-0.2, 0) is 0 Å². The Morgan fingerprint density at radius 3 is 2.42 bits per heavy atom. The lowest BCUT2D eigenvalue weighted by Gasteiger charge is -2.17. The van der Waals surface area contributed by atoms with Crippen LogP contribution in [0.5, 0.6) is 0 Å². The van der Waals surface area contributed by atoms with Gasteiger partial charge >= 0.3 is 0 Å². The summed E-state index contributed by atoms with van der Waals surface area (Å²) in [7, 11) is 2.01. The van der Waals surface area contributed by atoms with Gasteiger partial charge in [0, 0.05) is 11.8 Å². The zero-order valence-electron chi connectivity index (χ0n) is 11.7. The molecule has 0 bridgehead atoms. The summed E-state index contributed by atoms with van der Waals surface area (Å²) < 4.78 is 5.25. The summed E-state index contributed by atoms with van der Waals surface area (Å²) in [6, 6.07) is 7.05. The first-order chi connectivity index (χ1) is 9.08. The predicted octanol–water partition coefficient (Wildman–Crippen LogP) is 3.52. The average Bonchev–Trinajstić information content (AvgIpc) is 2.75. The molecule has 0 aliphatic rings. The molecular weight excluding hydrogens is 274 g/mol. The molecule has 2 rings (SSSR count). The predicted molar refractivity (Wildman–Crippen MR) is 83.1 cm³/mol. The largest absolute Gasteiger partial charge is 0.312 e. The highest BCUT2D eigenvalue weighted by Crippen LogP contribution is 2.26. The molecule has 1 N–H and O–H groups in total. The second kappa shape index (κ2) is 6.50. The molecule has 2 aromatic rings. The molecule has 1 heterocycles. The van der Waals surface area contributed by atoms with Gasteiger partial charge in [-0.05, 0) is 44.9 Å². The van der Waals surface area contributed by atoms with Gasteiger partial charge in [-0.1, -0.05) is 41.1 Å². The van der Waals surface area contributed by atoms with Gasteiger partial charge in [-0.15, -0.1) is 0 Å². The Bertz CT molecular complexity index is 531. The Morgan fingerprint density at radius 2 is 1.89 bits per heavy atom. The molecular formula is C14H19N3S2. The summed E-state index contributed by atoms with van der Waals surface area (Å²) in [4.78, 5) is 4.39. The quantitative estimate of drug-likeness (QED) is 0.856. The molecule has 1 aromatic carbocycles. The van der Waals surface area contributed by atoms with Crippen molar-refractivity contribution in [2.45, 2.75) is 31.2 Å². The third-order valence-corrected chi connectivity index (χ3v) is 4.90. The maximum atomic E-state index is 4.39. The van der Waals surface area contributed by atoms with Crippen LogP contribution < -0.4 is 5.32 Å². The molecule has 19 heavy (non-hydrogen) atoms. The summed E-state index contributed by atoms with van der Waals surface area (Å²) in [5.74, 6) is 1.83. The molecule has 0 radical (unpaired) electrons. The standard InChI is InChI=1S/C14H19N3S2/c1-9-5-10(2)7-12(6-9)13(15-4)8-18-14-16-11(3)17-19-14/h5-7,13,15H,8H2,1-4H3. The highest BCUT2D eigenvalue weighted by molar-refractivity contribution is 8.00. The fourth-order valence-corrected chi connectivity index (χ4v) is 3.86. The van der Waals surface area contributed by atoms with Crippen molar-refractivity contribution in [1.82, 2.24) is 14.7 Å². The Morgan fingerprint density at radius 1 is 1.21 bits per heavy atom. The van der Waals surface area contributed by atoms with E-state index in [1.54, 1.807) is 11.8 Å². The van der Waals surface area contributed by atoms with Crippen LogP contribution in [0.25, 0.3) is 0 Å². The van der Waals surface area contributed by atoms with E-state index in [4.69, 9.17) is 0 Å². The molecule has 0 aliphatic heterocycles. The average molecular weight is 293 g/mol. The van der Waals surface area contributed by atoms with Crippen molar-refractivity contribution in [1.29, 1.82) is 0 Å². The molecule has 0 saturated heterocycles. The van der Waals surface area contributed by atoms with E-state index in [1.165, 1.54) is 28.2 Å². The van der Waals surface area contributed by atoms with Crippen molar-refractivity contribution in [3.63, 3.8) is 0 Å². The topological polar surface area (TPSA) is 37.8 Å². The van der Waals surface area contributed by atoms with Gasteiger partial charge in [0.05, 0.1) is 0 Å². The number of benzene rings is 1. The number of hydrogen-bond donors (Lipinski definition) is 1. The molecule has 5 heteroatoms. The lowest BCUT2D eigenvalue weighted by Crippen LogP contribution is -2.19. The van der Waals surface area contributed by atoms with Crippen molar-refractivity contribution >= 4 is 23.3 Å². The van der Waals surface area contributed by atoms with Gasteiger partial charge in [0.1, 0.15) is 5.82 Å². The number of thioether (sulfide) groups is 1. The number of nitrogens with zero attached hydrogens (tertiary/aromatic N) is 2. The number of hydrogen-bond acceptors (Lipinski definition) is 5. The highest BCUT2D eigenvalue weighted by Gasteiger charge is 2.12. The van der Waals surface area contributed by atoms with E-state index < -0.39 is 0 Å². The monoisotopic (exact) mass is 293 g/mol. The molecule has 0 aliphatic carbocycles. The Labute approximate surface area is 123 Å². The third kappa shape index (κ3) is 4.03. The fourth-order valence-electron chi connectivity index (χ4n) is 2.05.